The van der Waals surface area contributed by atoms with Gasteiger partial charge in [-0.25, -0.2) is 0 Å². The predicted octanol–water partition coefficient (Wildman–Crippen LogP) is -0.217. The van der Waals surface area contributed by atoms with Crippen molar-refractivity contribution in [2.24, 2.45) is 0 Å². The first kappa shape index (κ1) is 7.20. The van der Waals surface area contributed by atoms with E-state index >= 15 is 0 Å². The normalized spacial score (nSPS) is 18.0. The molecule has 2 nitrogen and oxygen atoms in total. The standard InChI is InChI=1S/C3H5NS2.H2O/c5-3-4-1-2-6-3;/h1-2H2,(H,4,5);1H2. The first-order valence-corrected chi connectivity index (χ1v) is 3.19. The Labute approximate surface area is 52.0 Å². The van der Waals surface area contributed by atoms with Crippen molar-refractivity contribution in [1.82, 2.24) is 5.32 Å². The van der Waals surface area contributed by atoms with E-state index in [0.717, 1.165) is 16.6 Å². The molecule has 0 bridgehead atoms. The summed E-state index contributed by atoms with van der Waals surface area (Å²) in [6.07, 6.45) is 0. The molecule has 0 aliphatic carbocycles. The quantitative estimate of drug-likeness (QED) is 0.469. The van der Waals surface area contributed by atoms with E-state index in [1.54, 1.807) is 11.8 Å². The van der Waals surface area contributed by atoms with Crippen LogP contribution in [0.4, 0.5) is 0 Å². The maximum Gasteiger partial charge on any atom is 0.133 e. The van der Waals surface area contributed by atoms with Gasteiger partial charge in [-0.2, -0.15) is 0 Å². The molecule has 4 heteroatoms. The molecule has 42 valence electrons. The second-order valence-corrected chi connectivity index (χ2v) is 2.83. The lowest BCUT2D eigenvalue weighted by Crippen LogP contribution is -2.09. The predicted molar refractivity (Wildman–Crippen MR) is 36.7 cm³/mol. The molecule has 1 aliphatic rings. The highest BCUT2D eigenvalue weighted by Crippen LogP contribution is 2.05. The number of thiocarbonyl (C=S) groups is 1. The average Bonchev–Trinajstić information content (AvgIpc) is 1.86. The minimum Gasteiger partial charge on any atom is -0.412 e. The molecule has 1 rings (SSSR count). The average molecular weight is 137 g/mol. The molecule has 0 spiro atoms. The molecule has 3 N–H and O–H groups in total. The van der Waals surface area contributed by atoms with Gasteiger partial charge in [-0.3, -0.25) is 0 Å². The summed E-state index contributed by atoms with van der Waals surface area (Å²) in [5.74, 6) is 1.15. The number of hydrogen-bond acceptors (Lipinski definition) is 2. The van der Waals surface area contributed by atoms with Crippen LogP contribution in [0.15, 0.2) is 0 Å². The zero-order valence-electron chi connectivity index (χ0n) is 3.73. The van der Waals surface area contributed by atoms with Gasteiger partial charge in [0.25, 0.3) is 0 Å². The van der Waals surface area contributed by atoms with E-state index in [0.29, 0.717) is 0 Å². The zero-order valence-corrected chi connectivity index (χ0v) is 5.36. The third kappa shape index (κ3) is 2.11. The van der Waals surface area contributed by atoms with Crippen LogP contribution in [0, 0.1) is 0 Å². The Morgan fingerprint density at radius 1 is 1.71 bits per heavy atom. The van der Waals surface area contributed by atoms with E-state index in [9.17, 15) is 0 Å². The highest BCUT2D eigenvalue weighted by atomic mass is 32.2. The third-order valence-corrected chi connectivity index (χ3v) is 1.92. The second kappa shape index (κ2) is 3.23. The summed E-state index contributed by atoms with van der Waals surface area (Å²) in [6.45, 7) is 1.06. The molecule has 0 unspecified atom stereocenters. The van der Waals surface area contributed by atoms with Crippen LogP contribution in [0.1, 0.15) is 0 Å². The van der Waals surface area contributed by atoms with Crippen LogP contribution in [0.3, 0.4) is 0 Å². The Hall–Kier alpha value is 0.200. The number of nitrogens with one attached hydrogen (secondary N) is 1. The van der Waals surface area contributed by atoms with E-state index in [2.05, 4.69) is 5.32 Å². The molecule has 1 saturated heterocycles. The zero-order chi connectivity index (χ0) is 4.41. The largest absolute Gasteiger partial charge is 0.412 e. The van der Waals surface area contributed by atoms with Crippen LogP contribution >= 0.6 is 24.0 Å². The van der Waals surface area contributed by atoms with Crippen molar-refractivity contribution in [2.45, 2.75) is 0 Å². The topological polar surface area (TPSA) is 43.5 Å². The van der Waals surface area contributed by atoms with E-state index in [1.807, 2.05) is 0 Å². The second-order valence-electron chi connectivity index (χ2n) is 1.06. The maximum atomic E-state index is 4.77. The highest BCUT2D eigenvalue weighted by Gasteiger charge is 2.01. The van der Waals surface area contributed by atoms with E-state index < -0.39 is 0 Å². The van der Waals surface area contributed by atoms with Crippen molar-refractivity contribution >= 4 is 28.3 Å². The summed E-state index contributed by atoms with van der Waals surface area (Å²) < 4.78 is 0.954. The minimum absolute atomic E-state index is 0. The summed E-state index contributed by atoms with van der Waals surface area (Å²) in [6, 6.07) is 0. The summed E-state index contributed by atoms with van der Waals surface area (Å²) >= 11 is 6.49. The molecule has 0 atom stereocenters. The Bertz CT molecular complexity index is 67.3. The van der Waals surface area contributed by atoms with Crippen molar-refractivity contribution in [3.8, 4) is 0 Å². The van der Waals surface area contributed by atoms with Crippen molar-refractivity contribution in [3.05, 3.63) is 0 Å². The minimum atomic E-state index is 0. The molecule has 1 aliphatic heterocycles. The van der Waals surface area contributed by atoms with Gasteiger partial charge in [0.1, 0.15) is 4.32 Å². The Morgan fingerprint density at radius 3 is 2.57 bits per heavy atom. The van der Waals surface area contributed by atoms with E-state index in [4.69, 9.17) is 12.2 Å². The van der Waals surface area contributed by atoms with Crippen molar-refractivity contribution in [2.75, 3.05) is 12.3 Å². The third-order valence-electron chi connectivity index (χ3n) is 0.605. The van der Waals surface area contributed by atoms with Crippen LogP contribution in [0.25, 0.3) is 0 Å². The van der Waals surface area contributed by atoms with Gasteiger partial charge in [-0.05, 0) is 0 Å². The molecule has 7 heavy (non-hydrogen) atoms. The molecule has 0 saturated carbocycles. The fourth-order valence-electron chi connectivity index (χ4n) is 0.348. The molecule has 1 fully saturated rings. The van der Waals surface area contributed by atoms with Gasteiger partial charge in [0.2, 0.25) is 0 Å². The molecule has 0 radical (unpaired) electrons. The van der Waals surface area contributed by atoms with Crippen molar-refractivity contribution in [3.63, 3.8) is 0 Å². The van der Waals surface area contributed by atoms with Gasteiger partial charge >= 0.3 is 0 Å². The summed E-state index contributed by atoms with van der Waals surface area (Å²) in [7, 11) is 0. The lowest BCUT2D eigenvalue weighted by atomic mass is 10.8. The van der Waals surface area contributed by atoms with Crippen molar-refractivity contribution < 1.29 is 5.48 Å². The molecular formula is C3H7NOS2. The summed E-state index contributed by atoms with van der Waals surface area (Å²) in [5, 5.41) is 3.01. The van der Waals surface area contributed by atoms with E-state index in [1.165, 1.54) is 0 Å². The fraction of sp³-hybridized carbons (Fsp3) is 0.667. The van der Waals surface area contributed by atoms with Gasteiger partial charge < -0.3 is 10.8 Å². The molecule has 0 aromatic heterocycles. The first-order chi connectivity index (χ1) is 2.89. The monoisotopic (exact) mass is 137 g/mol. The SMILES string of the molecule is O.S=C1NCCS1. The van der Waals surface area contributed by atoms with Crippen LogP contribution in [0.2, 0.25) is 0 Å². The number of hydrogen-bond donors (Lipinski definition) is 1. The Kier molecular flexibility index (Phi) is 3.33. The molecular weight excluding hydrogens is 130 g/mol. The van der Waals surface area contributed by atoms with E-state index in [-0.39, 0.29) is 5.48 Å². The van der Waals surface area contributed by atoms with Gasteiger partial charge in [0.05, 0.1) is 0 Å². The molecule has 0 aromatic carbocycles. The molecule has 0 aromatic rings. The Morgan fingerprint density at radius 2 is 2.43 bits per heavy atom. The van der Waals surface area contributed by atoms with Crippen LogP contribution in [0.5, 0.6) is 0 Å². The van der Waals surface area contributed by atoms with Crippen LogP contribution in [-0.4, -0.2) is 22.1 Å². The van der Waals surface area contributed by atoms with Crippen molar-refractivity contribution in [1.29, 1.82) is 0 Å². The number of rotatable bonds is 0. The molecule has 1 heterocycles. The van der Waals surface area contributed by atoms with Gasteiger partial charge in [0.15, 0.2) is 0 Å². The number of thioether (sulfide) groups is 1. The lowest BCUT2D eigenvalue weighted by molar-refractivity contribution is 0.824. The lowest BCUT2D eigenvalue weighted by Gasteiger charge is -1.82. The van der Waals surface area contributed by atoms with Crippen LogP contribution in [-0.2, 0) is 0 Å². The fourth-order valence-corrected chi connectivity index (χ4v) is 1.29. The Balaban J connectivity index is 0.000000360. The van der Waals surface area contributed by atoms with Gasteiger partial charge in [-0.15, -0.1) is 0 Å². The summed E-state index contributed by atoms with van der Waals surface area (Å²) in [4.78, 5) is 0. The van der Waals surface area contributed by atoms with Gasteiger partial charge in [-0.1, -0.05) is 24.0 Å². The van der Waals surface area contributed by atoms with Crippen LogP contribution < -0.4 is 5.32 Å². The maximum absolute atomic E-state index is 4.77. The van der Waals surface area contributed by atoms with Gasteiger partial charge in [0, 0.05) is 12.3 Å². The smallest absolute Gasteiger partial charge is 0.133 e. The summed E-state index contributed by atoms with van der Waals surface area (Å²) in [5.41, 5.74) is 0. The highest BCUT2D eigenvalue weighted by molar-refractivity contribution is 8.23. The first-order valence-electron chi connectivity index (χ1n) is 1.80. The molecule has 0 amide bonds.